The molecule has 0 radical (unpaired) electrons. The van der Waals surface area contributed by atoms with Crippen molar-refractivity contribution in [2.45, 2.75) is 25.8 Å². The molecule has 3 rings (SSSR count). The standard InChI is InChI=1S/C18H24N2O/c21-18-17(16-9-11-19-12-10-16)8-4-5-13-20(18)14-15-6-2-1-3-7-15/h1-7,16-17,19H,8-14H2/t17-/m1/s1. The minimum atomic E-state index is 0.176. The Bertz CT molecular complexity index is 491. The topological polar surface area (TPSA) is 32.3 Å². The molecule has 112 valence electrons. The minimum Gasteiger partial charge on any atom is -0.334 e. The average Bonchev–Trinajstić information content (AvgIpc) is 2.72. The van der Waals surface area contributed by atoms with Gasteiger partial charge in [-0.15, -0.1) is 0 Å². The van der Waals surface area contributed by atoms with E-state index in [1.54, 1.807) is 0 Å². The first-order valence-electron chi connectivity index (χ1n) is 8.03. The van der Waals surface area contributed by atoms with Gasteiger partial charge in [0, 0.05) is 19.0 Å². The monoisotopic (exact) mass is 284 g/mol. The minimum absolute atomic E-state index is 0.176. The van der Waals surface area contributed by atoms with E-state index in [4.69, 9.17) is 0 Å². The van der Waals surface area contributed by atoms with E-state index in [-0.39, 0.29) is 5.92 Å². The number of carbonyl (C=O) groups excluding carboxylic acids is 1. The maximum absolute atomic E-state index is 12.9. The molecule has 1 aromatic rings. The van der Waals surface area contributed by atoms with Crippen LogP contribution in [0.15, 0.2) is 42.5 Å². The summed E-state index contributed by atoms with van der Waals surface area (Å²) >= 11 is 0. The number of allylic oxidation sites excluding steroid dienone is 1. The molecule has 1 N–H and O–H groups in total. The van der Waals surface area contributed by atoms with Gasteiger partial charge in [-0.25, -0.2) is 0 Å². The predicted molar refractivity (Wildman–Crippen MR) is 84.7 cm³/mol. The first-order valence-corrected chi connectivity index (χ1v) is 8.03. The highest BCUT2D eigenvalue weighted by molar-refractivity contribution is 5.80. The number of amides is 1. The van der Waals surface area contributed by atoms with Crippen molar-refractivity contribution >= 4 is 5.91 Å². The van der Waals surface area contributed by atoms with Gasteiger partial charge in [-0.3, -0.25) is 4.79 Å². The summed E-state index contributed by atoms with van der Waals surface area (Å²) < 4.78 is 0. The van der Waals surface area contributed by atoms with E-state index >= 15 is 0 Å². The van der Waals surface area contributed by atoms with Crippen LogP contribution in [0.1, 0.15) is 24.8 Å². The van der Waals surface area contributed by atoms with Crippen molar-refractivity contribution in [2.24, 2.45) is 11.8 Å². The van der Waals surface area contributed by atoms with Crippen LogP contribution in [0.4, 0.5) is 0 Å². The first kappa shape index (κ1) is 14.3. The molecular weight excluding hydrogens is 260 g/mol. The van der Waals surface area contributed by atoms with E-state index in [0.29, 0.717) is 11.8 Å². The van der Waals surface area contributed by atoms with Crippen molar-refractivity contribution in [3.05, 3.63) is 48.0 Å². The van der Waals surface area contributed by atoms with Crippen molar-refractivity contribution in [3.63, 3.8) is 0 Å². The van der Waals surface area contributed by atoms with Crippen LogP contribution >= 0.6 is 0 Å². The maximum Gasteiger partial charge on any atom is 0.226 e. The fraction of sp³-hybridized carbons (Fsp3) is 0.500. The molecular formula is C18H24N2O. The molecule has 0 aliphatic carbocycles. The highest BCUT2D eigenvalue weighted by Gasteiger charge is 2.32. The zero-order valence-electron chi connectivity index (χ0n) is 12.5. The molecule has 1 saturated heterocycles. The number of piperidine rings is 1. The summed E-state index contributed by atoms with van der Waals surface area (Å²) in [5.74, 6) is 1.06. The zero-order chi connectivity index (χ0) is 14.5. The lowest BCUT2D eigenvalue weighted by Crippen LogP contribution is -2.41. The van der Waals surface area contributed by atoms with Crippen molar-refractivity contribution < 1.29 is 4.79 Å². The zero-order valence-corrected chi connectivity index (χ0v) is 12.5. The van der Waals surface area contributed by atoms with Crippen molar-refractivity contribution in [1.82, 2.24) is 10.2 Å². The molecule has 0 saturated carbocycles. The first-order chi connectivity index (χ1) is 10.3. The molecule has 3 nitrogen and oxygen atoms in total. The van der Waals surface area contributed by atoms with Gasteiger partial charge in [0.15, 0.2) is 0 Å². The molecule has 0 aromatic heterocycles. The predicted octanol–water partition coefficient (Wildman–Crippen LogP) is 2.59. The number of nitrogens with zero attached hydrogens (tertiary/aromatic N) is 1. The van der Waals surface area contributed by atoms with E-state index < -0.39 is 0 Å². The maximum atomic E-state index is 12.9. The molecule has 3 heteroatoms. The molecule has 2 aliphatic heterocycles. The normalized spacial score (nSPS) is 24.1. The largest absolute Gasteiger partial charge is 0.334 e. The second-order valence-electron chi connectivity index (χ2n) is 6.11. The second-order valence-corrected chi connectivity index (χ2v) is 6.11. The highest BCUT2D eigenvalue weighted by atomic mass is 16.2. The SMILES string of the molecule is O=C1[C@@H](C2CCNCC2)CC=CCN1Cc1ccccc1. The van der Waals surface area contributed by atoms with Gasteiger partial charge in [-0.2, -0.15) is 0 Å². The number of nitrogens with one attached hydrogen (secondary N) is 1. The Hall–Kier alpha value is -1.61. The summed E-state index contributed by atoms with van der Waals surface area (Å²) in [7, 11) is 0. The van der Waals surface area contributed by atoms with Crippen LogP contribution in [-0.4, -0.2) is 30.4 Å². The third-order valence-corrected chi connectivity index (χ3v) is 4.68. The molecule has 1 atom stereocenters. The van der Waals surface area contributed by atoms with Crippen LogP contribution < -0.4 is 5.32 Å². The molecule has 2 heterocycles. The Morgan fingerprint density at radius 2 is 1.86 bits per heavy atom. The molecule has 0 spiro atoms. The van der Waals surface area contributed by atoms with E-state index in [1.807, 2.05) is 23.1 Å². The highest BCUT2D eigenvalue weighted by Crippen LogP contribution is 2.29. The molecule has 1 fully saturated rings. The van der Waals surface area contributed by atoms with E-state index in [2.05, 4.69) is 29.6 Å². The Labute approximate surface area is 127 Å². The number of rotatable bonds is 3. The summed E-state index contributed by atoms with van der Waals surface area (Å²) in [6, 6.07) is 10.3. The molecule has 2 aliphatic rings. The number of hydrogen-bond acceptors (Lipinski definition) is 2. The van der Waals surface area contributed by atoms with Gasteiger partial charge in [0.2, 0.25) is 5.91 Å². The van der Waals surface area contributed by atoms with Crippen LogP contribution in [0.25, 0.3) is 0 Å². The average molecular weight is 284 g/mol. The van der Waals surface area contributed by atoms with Gasteiger partial charge in [0.25, 0.3) is 0 Å². The third kappa shape index (κ3) is 3.53. The van der Waals surface area contributed by atoms with Crippen molar-refractivity contribution in [3.8, 4) is 0 Å². The van der Waals surface area contributed by atoms with Gasteiger partial charge in [-0.1, -0.05) is 42.5 Å². The van der Waals surface area contributed by atoms with Crippen molar-refractivity contribution in [1.29, 1.82) is 0 Å². The van der Waals surface area contributed by atoms with Gasteiger partial charge >= 0.3 is 0 Å². The summed E-state index contributed by atoms with van der Waals surface area (Å²) in [6.45, 7) is 3.58. The van der Waals surface area contributed by atoms with Crippen LogP contribution in [0.5, 0.6) is 0 Å². The molecule has 1 aromatic carbocycles. The van der Waals surface area contributed by atoms with E-state index in [1.165, 1.54) is 5.56 Å². The van der Waals surface area contributed by atoms with Crippen LogP contribution in [-0.2, 0) is 11.3 Å². The Kier molecular flexibility index (Phi) is 4.71. The van der Waals surface area contributed by atoms with Crippen LogP contribution in [0.2, 0.25) is 0 Å². The number of carbonyl (C=O) groups is 1. The Morgan fingerprint density at radius 1 is 1.10 bits per heavy atom. The van der Waals surface area contributed by atoms with Gasteiger partial charge in [0.05, 0.1) is 0 Å². The molecule has 1 amide bonds. The Balaban J connectivity index is 1.71. The second kappa shape index (κ2) is 6.90. The van der Waals surface area contributed by atoms with Crippen LogP contribution in [0.3, 0.4) is 0 Å². The summed E-state index contributed by atoms with van der Waals surface area (Å²) in [6.07, 6.45) is 7.53. The quantitative estimate of drug-likeness (QED) is 0.865. The van der Waals surface area contributed by atoms with Gasteiger partial charge in [0.1, 0.15) is 0 Å². The number of hydrogen-bond donors (Lipinski definition) is 1. The summed E-state index contributed by atoms with van der Waals surface area (Å²) in [5, 5.41) is 3.39. The molecule has 21 heavy (non-hydrogen) atoms. The molecule has 0 bridgehead atoms. The fourth-order valence-electron chi connectivity index (χ4n) is 3.46. The van der Waals surface area contributed by atoms with E-state index in [9.17, 15) is 4.79 Å². The summed E-state index contributed by atoms with van der Waals surface area (Å²) in [4.78, 5) is 14.9. The lowest BCUT2D eigenvalue weighted by atomic mass is 9.82. The van der Waals surface area contributed by atoms with E-state index in [0.717, 1.165) is 45.4 Å². The summed E-state index contributed by atoms with van der Waals surface area (Å²) in [5.41, 5.74) is 1.21. The molecule has 0 unspecified atom stereocenters. The fourth-order valence-corrected chi connectivity index (χ4v) is 3.46. The third-order valence-electron chi connectivity index (χ3n) is 4.68. The Morgan fingerprint density at radius 3 is 2.62 bits per heavy atom. The lowest BCUT2D eigenvalue weighted by Gasteiger charge is -2.32. The van der Waals surface area contributed by atoms with Crippen molar-refractivity contribution in [2.75, 3.05) is 19.6 Å². The van der Waals surface area contributed by atoms with Crippen LogP contribution in [0, 0.1) is 11.8 Å². The number of benzene rings is 1. The van der Waals surface area contributed by atoms with Gasteiger partial charge in [-0.05, 0) is 43.8 Å². The lowest BCUT2D eigenvalue weighted by molar-refractivity contribution is -0.137. The van der Waals surface area contributed by atoms with Gasteiger partial charge < -0.3 is 10.2 Å². The smallest absolute Gasteiger partial charge is 0.226 e.